The number of rotatable bonds is 7. The molecule has 4 amide bonds. The molecule has 9 heteroatoms. The van der Waals surface area contributed by atoms with Gasteiger partial charge in [-0.25, -0.2) is 0 Å². The second-order valence-electron chi connectivity index (χ2n) is 8.78. The number of hydrogen-bond donors (Lipinski definition) is 1. The van der Waals surface area contributed by atoms with Crippen molar-refractivity contribution in [3.63, 3.8) is 0 Å². The first kappa shape index (κ1) is 25.7. The van der Waals surface area contributed by atoms with E-state index in [0.29, 0.717) is 43.2 Å². The summed E-state index contributed by atoms with van der Waals surface area (Å²) in [6.07, 6.45) is 0. The zero-order valence-corrected chi connectivity index (χ0v) is 21.3. The van der Waals surface area contributed by atoms with Crippen molar-refractivity contribution in [2.24, 2.45) is 0 Å². The summed E-state index contributed by atoms with van der Waals surface area (Å²) in [6, 6.07) is 11.0. The van der Waals surface area contributed by atoms with Crippen LogP contribution in [0.2, 0.25) is 0 Å². The molecule has 2 aromatic rings. The van der Waals surface area contributed by atoms with E-state index in [1.54, 1.807) is 17.0 Å². The highest BCUT2D eigenvalue weighted by atomic mass is 16.5. The number of carbonyl (C=O) groups is 4. The second kappa shape index (κ2) is 10.3. The number of hydrogen-bond acceptors (Lipinski definition) is 5. The third-order valence-corrected chi connectivity index (χ3v) is 6.64. The molecule has 0 fully saturated rings. The normalized spacial score (nSPS) is 13.9. The van der Waals surface area contributed by atoms with E-state index < -0.39 is 5.91 Å². The van der Waals surface area contributed by atoms with Gasteiger partial charge in [0.1, 0.15) is 18.1 Å². The van der Waals surface area contributed by atoms with Gasteiger partial charge in [0.15, 0.2) is 0 Å². The number of nitrogens with one attached hydrogen (secondary N) is 1. The number of likely N-dealkylation sites (N-methyl/N-ethyl adjacent to an activating group) is 1. The van der Waals surface area contributed by atoms with E-state index in [4.69, 9.17) is 4.74 Å². The molecule has 0 radical (unpaired) electrons. The molecule has 2 aliphatic heterocycles. The topological polar surface area (TPSA) is 99.3 Å². The summed E-state index contributed by atoms with van der Waals surface area (Å²) < 4.78 is 5.81. The van der Waals surface area contributed by atoms with Crippen molar-refractivity contribution in [1.29, 1.82) is 0 Å². The number of benzene rings is 2. The first-order valence-corrected chi connectivity index (χ1v) is 12.1. The Morgan fingerprint density at radius 2 is 1.76 bits per heavy atom. The molecule has 0 unspecified atom stereocenters. The fourth-order valence-electron chi connectivity index (χ4n) is 4.62. The minimum atomic E-state index is -0.667. The molecule has 1 N–H and O–H groups in total. The Morgan fingerprint density at radius 3 is 2.43 bits per heavy atom. The van der Waals surface area contributed by atoms with E-state index in [1.807, 2.05) is 38.1 Å². The highest BCUT2D eigenvalue weighted by Gasteiger charge is 2.34. The smallest absolute Gasteiger partial charge is 0.271 e. The van der Waals surface area contributed by atoms with Gasteiger partial charge in [0.2, 0.25) is 5.91 Å². The van der Waals surface area contributed by atoms with Crippen LogP contribution in [0.1, 0.15) is 36.7 Å². The van der Waals surface area contributed by atoms with Gasteiger partial charge >= 0.3 is 0 Å². The summed E-state index contributed by atoms with van der Waals surface area (Å²) in [5, 5.41) is 2.48. The molecule has 0 atom stereocenters. The van der Waals surface area contributed by atoms with Gasteiger partial charge in [-0.15, -0.1) is 0 Å². The summed E-state index contributed by atoms with van der Waals surface area (Å²) in [6.45, 7) is 14.7. The average Bonchev–Trinajstić information content (AvgIpc) is 3.24. The highest BCUT2D eigenvalue weighted by Crippen LogP contribution is 2.39. The molecule has 192 valence electrons. The molecular formula is C28H30N4O5. The Morgan fingerprint density at radius 1 is 1.05 bits per heavy atom. The summed E-state index contributed by atoms with van der Waals surface area (Å²) in [5.41, 5.74) is 3.40. The summed E-state index contributed by atoms with van der Waals surface area (Å²) >= 11 is 0. The third kappa shape index (κ3) is 4.72. The van der Waals surface area contributed by atoms with E-state index in [2.05, 4.69) is 18.5 Å². The van der Waals surface area contributed by atoms with Crippen LogP contribution in [0.3, 0.4) is 0 Å². The SMILES string of the molecule is C=C(NC(=O)C(=C)N1Cc2c(cccc2-c2ccc3c(c2)OCCN3C(C)=O)C1=O)C(=O)N(CC)CC. The van der Waals surface area contributed by atoms with Crippen LogP contribution in [0.25, 0.3) is 11.1 Å². The van der Waals surface area contributed by atoms with E-state index >= 15 is 0 Å². The van der Waals surface area contributed by atoms with Gasteiger partial charge < -0.3 is 19.9 Å². The number of carbonyl (C=O) groups excluding carboxylic acids is 4. The van der Waals surface area contributed by atoms with E-state index in [-0.39, 0.29) is 35.7 Å². The lowest BCUT2D eigenvalue weighted by Gasteiger charge is -2.29. The summed E-state index contributed by atoms with van der Waals surface area (Å²) in [5.74, 6) is -0.868. The Labute approximate surface area is 216 Å². The maximum Gasteiger partial charge on any atom is 0.271 e. The lowest BCUT2D eigenvalue weighted by atomic mass is 9.96. The van der Waals surface area contributed by atoms with Crippen LogP contribution < -0.4 is 15.0 Å². The molecule has 37 heavy (non-hydrogen) atoms. The van der Waals surface area contributed by atoms with Crippen LogP contribution in [-0.4, -0.2) is 59.7 Å². The number of ether oxygens (including phenoxy) is 1. The van der Waals surface area contributed by atoms with Crippen LogP contribution in [-0.2, 0) is 20.9 Å². The largest absolute Gasteiger partial charge is 0.490 e. The lowest BCUT2D eigenvalue weighted by Crippen LogP contribution is -2.40. The number of amides is 4. The van der Waals surface area contributed by atoms with Gasteiger partial charge in [0.05, 0.1) is 24.5 Å². The van der Waals surface area contributed by atoms with Gasteiger partial charge in [-0.1, -0.05) is 31.4 Å². The van der Waals surface area contributed by atoms with Gasteiger partial charge in [-0.3, -0.25) is 24.1 Å². The number of fused-ring (bicyclic) bond motifs is 2. The van der Waals surface area contributed by atoms with Crippen LogP contribution in [0, 0.1) is 0 Å². The summed E-state index contributed by atoms with van der Waals surface area (Å²) in [4.78, 5) is 55.0. The van der Waals surface area contributed by atoms with Crippen LogP contribution in [0.5, 0.6) is 5.75 Å². The quantitative estimate of drug-likeness (QED) is 0.587. The van der Waals surface area contributed by atoms with Crippen molar-refractivity contribution in [3.05, 3.63) is 72.1 Å². The third-order valence-electron chi connectivity index (χ3n) is 6.64. The maximum absolute atomic E-state index is 13.2. The molecule has 2 aliphatic rings. The van der Waals surface area contributed by atoms with Crippen LogP contribution in [0.15, 0.2) is 61.0 Å². The molecule has 0 aliphatic carbocycles. The lowest BCUT2D eigenvalue weighted by molar-refractivity contribution is -0.129. The predicted molar refractivity (Wildman–Crippen MR) is 140 cm³/mol. The van der Waals surface area contributed by atoms with Crippen molar-refractivity contribution in [2.45, 2.75) is 27.3 Å². The van der Waals surface area contributed by atoms with E-state index in [1.165, 1.54) is 16.7 Å². The van der Waals surface area contributed by atoms with Crippen molar-refractivity contribution in [2.75, 3.05) is 31.1 Å². The zero-order chi connectivity index (χ0) is 26.9. The minimum absolute atomic E-state index is 0.0580. The standard InChI is InChI=1S/C28H30N4O5/c1-6-30(7-2)27(35)17(3)29-26(34)18(4)32-16-23-21(9-8-10-22(23)28(32)36)20-11-12-24-25(15-20)37-14-13-31(24)19(5)33/h8-12,15H,3-4,6-7,13-14,16H2,1-2,5H3,(H,29,34). The van der Waals surface area contributed by atoms with Crippen molar-refractivity contribution in [3.8, 4) is 16.9 Å². The molecule has 2 heterocycles. The van der Waals surface area contributed by atoms with Gasteiger partial charge in [-0.2, -0.15) is 0 Å². The fourth-order valence-corrected chi connectivity index (χ4v) is 4.62. The Kier molecular flexibility index (Phi) is 7.15. The minimum Gasteiger partial charge on any atom is -0.490 e. The van der Waals surface area contributed by atoms with Crippen molar-refractivity contribution < 1.29 is 23.9 Å². The first-order chi connectivity index (χ1) is 17.7. The molecular weight excluding hydrogens is 472 g/mol. The summed E-state index contributed by atoms with van der Waals surface area (Å²) in [7, 11) is 0. The zero-order valence-electron chi connectivity index (χ0n) is 21.3. The van der Waals surface area contributed by atoms with Crippen molar-refractivity contribution in [1.82, 2.24) is 15.1 Å². The van der Waals surface area contributed by atoms with Crippen LogP contribution in [0.4, 0.5) is 5.69 Å². The molecule has 0 spiro atoms. The van der Waals surface area contributed by atoms with Crippen LogP contribution >= 0.6 is 0 Å². The predicted octanol–water partition coefficient (Wildman–Crippen LogP) is 3.07. The van der Waals surface area contributed by atoms with Gasteiger partial charge in [-0.05, 0) is 48.7 Å². The first-order valence-electron chi connectivity index (χ1n) is 12.1. The average molecular weight is 503 g/mol. The Hall–Kier alpha value is -4.40. The highest BCUT2D eigenvalue weighted by molar-refractivity contribution is 6.08. The molecule has 4 rings (SSSR count). The van der Waals surface area contributed by atoms with Gasteiger partial charge in [0.25, 0.3) is 17.7 Å². The van der Waals surface area contributed by atoms with Crippen molar-refractivity contribution >= 4 is 29.3 Å². The monoisotopic (exact) mass is 502 g/mol. The molecule has 2 aromatic carbocycles. The molecule has 0 saturated carbocycles. The molecule has 9 nitrogen and oxygen atoms in total. The van der Waals surface area contributed by atoms with E-state index in [9.17, 15) is 19.2 Å². The Balaban J connectivity index is 1.56. The molecule has 0 bridgehead atoms. The Bertz CT molecular complexity index is 1330. The van der Waals surface area contributed by atoms with Gasteiger partial charge in [0, 0.05) is 25.6 Å². The number of anilines is 1. The molecule has 0 aromatic heterocycles. The van der Waals surface area contributed by atoms with E-state index in [0.717, 1.165) is 16.7 Å². The number of nitrogens with zero attached hydrogens (tertiary/aromatic N) is 3. The fraction of sp³-hybridized carbons (Fsp3) is 0.286. The molecule has 0 saturated heterocycles. The maximum atomic E-state index is 13.2. The second-order valence-corrected chi connectivity index (χ2v) is 8.78.